The summed E-state index contributed by atoms with van der Waals surface area (Å²) in [6.45, 7) is 0.0602. The first kappa shape index (κ1) is 15.2. The zero-order valence-corrected chi connectivity index (χ0v) is 12.8. The molecule has 23 heavy (non-hydrogen) atoms. The number of fused-ring (bicyclic) bond motifs is 1. The number of pyridine rings is 1. The fourth-order valence-corrected chi connectivity index (χ4v) is 2.38. The van der Waals surface area contributed by atoms with Gasteiger partial charge in [0.05, 0.1) is 22.8 Å². The Balaban J connectivity index is 1.67. The number of rotatable bonds is 4. The van der Waals surface area contributed by atoms with Crippen LogP contribution in [0.3, 0.4) is 0 Å². The lowest BCUT2D eigenvalue weighted by atomic mass is 10.2. The van der Waals surface area contributed by atoms with Gasteiger partial charge in [0.2, 0.25) is 5.91 Å². The Labute approximate surface area is 137 Å². The highest BCUT2D eigenvalue weighted by Gasteiger charge is 2.07. The van der Waals surface area contributed by atoms with E-state index < -0.39 is 5.82 Å². The Kier molecular flexibility index (Phi) is 4.39. The van der Waals surface area contributed by atoms with Gasteiger partial charge in [-0.25, -0.2) is 4.39 Å². The van der Waals surface area contributed by atoms with Crippen molar-refractivity contribution < 1.29 is 9.18 Å². The summed E-state index contributed by atoms with van der Waals surface area (Å²) >= 11 is 5.69. The maximum absolute atomic E-state index is 13.1. The van der Waals surface area contributed by atoms with E-state index in [1.807, 2.05) is 30.3 Å². The zero-order chi connectivity index (χ0) is 16.2. The van der Waals surface area contributed by atoms with Crippen molar-refractivity contribution in [2.45, 2.75) is 0 Å². The first-order valence-corrected chi connectivity index (χ1v) is 7.34. The number of hydrogen-bond donors (Lipinski definition) is 2. The summed E-state index contributed by atoms with van der Waals surface area (Å²) in [4.78, 5) is 16.3. The average Bonchev–Trinajstić information content (AvgIpc) is 2.56. The molecule has 0 radical (unpaired) electrons. The predicted molar refractivity (Wildman–Crippen MR) is 90.3 cm³/mol. The molecule has 0 atom stereocenters. The third-order valence-corrected chi connectivity index (χ3v) is 3.57. The Bertz CT molecular complexity index is 864. The van der Waals surface area contributed by atoms with E-state index in [2.05, 4.69) is 15.6 Å². The second kappa shape index (κ2) is 6.62. The van der Waals surface area contributed by atoms with Crippen LogP contribution in [0.25, 0.3) is 10.9 Å². The summed E-state index contributed by atoms with van der Waals surface area (Å²) in [5, 5.41) is 6.66. The SMILES string of the molecule is O=C(CNc1cccc2cccnc12)Nc1ccc(F)c(Cl)c1. The van der Waals surface area contributed by atoms with E-state index in [1.165, 1.54) is 18.2 Å². The van der Waals surface area contributed by atoms with Crippen LogP contribution in [0.15, 0.2) is 54.7 Å². The lowest BCUT2D eigenvalue weighted by Crippen LogP contribution is -2.21. The Morgan fingerprint density at radius 1 is 1.17 bits per heavy atom. The number of aromatic nitrogens is 1. The number of carbonyl (C=O) groups is 1. The van der Waals surface area contributed by atoms with Gasteiger partial charge in [0.15, 0.2) is 0 Å². The summed E-state index contributed by atoms with van der Waals surface area (Å²) in [6.07, 6.45) is 1.70. The maximum Gasteiger partial charge on any atom is 0.243 e. The Morgan fingerprint density at radius 2 is 2.00 bits per heavy atom. The molecule has 3 aromatic rings. The van der Waals surface area contributed by atoms with Crippen LogP contribution in [-0.4, -0.2) is 17.4 Å². The van der Waals surface area contributed by atoms with Crippen LogP contribution in [0.5, 0.6) is 0 Å². The van der Waals surface area contributed by atoms with Gasteiger partial charge < -0.3 is 10.6 Å². The quantitative estimate of drug-likeness (QED) is 0.758. The van der Waals surface area contributed by atoms with Crippen molar-refractivity contribution in [2.24, 2.45) is 0 Å². The molecule has 3 rings (SSSR count). The van der Waals surface area contributed by atoms with Crippen molar-refractivity contribution in [3.8, 4) is 0 Å². The van der Waals surface area contributed by atoms with E-state index in [9.17, 15) is 9.18 Å². The Hall–Kier alpha value is -2.66. The summed E-state index contributed by atoms with van der Waals surface area (Å²) in [7, 11) is 0. The lowest BCUT2D eigenvalue weighted by molar-refractivity contribution is -0.114. The molecule has 6 heteroatoms. The largest absolute Gasteiger partial charge is 0.374 e. The molecule has 4 nitrogen and oxygen atoms in total. The van der Waals surface area contributed by atoms with Crippen molar-refractivity contribution in [1.82, 2.24) is 4.98 Å². The van der Waals surface area contributed by atoms with Crippen LogP contribution in [-0.2, 0) is 4.79 Å². The van der Waals surface area contributed by atoms with Gasteiger partial charge in [-0.1, -0.05) is 29.8 Å². The minimum Gasteiger partial charge on any atom is -0.374 e. The number of para-hydroxylation sites is 1. The highest BCUT2D eigenvalue weighted by molar-refractivity contribution is 6.31. The van der Waals surface area contributed by atoms with E-state index in [4.69, 9.17) is 11.6 Å². The normalized spacial score (nSPS) is 10.5. The first-order chi connectivity index (χ1) is 11.1. The topological polar surface area (TPSA) is 54.0 Å². The molecular formula is C17H13ClFN3O. The molecule has 0 aliphatic rings. The number of nitrogens with one attached hydrogen (secondary N) is 2. The monoisotopic (exact) mass is 329 g/mol. The summed E-state index contributed by atoms with van der Waals surface area (Å²) < 4.78 is 13.1. The molecular weight excluding hydrogens is 317 g/mol. The van der Waals surface area contributed by atoms with Crippen LogP contribution < -0.4 is 10.6 Å². The number of carbonyl (C=O) groups excluding carboxylic acids is 1. The molecule has 0 fully saturated rings. The molecule has 0 aliphatic heterocycles. The lowest BCUT2D eigenvalue weighted by Gasteiger charge is -2.10. The molecule has 0 saturated carbocycles. The van der Waals surface area contributed by atoms with Crippen LogP contribution in [0.4, 0.5) is 15.8 Å². The molecule has 2 aromatic carbocycles. The van der Waals surface area contributed by atoms with Gasteiger partial charge in [-0.05, 0) is 30.3 Å². The second-order valence-corrected chi connectivity index (χ2v) is 5.32. The van der Waals surface area contributed by atoms with Gasteiger partial charge in [0, 0.05) is 17.3 Å². The molecule has 1 amide bonds. The molecule has 1 aromatic heterocycles. The maximum atomic E-state index is 13.1. The smallest absolute Gasteiger partial charge is 0.243 e. The zero-order valence-electron chi connectivity index (χ0n) is 12.0. The van der Waals surface area contributed by atoms with Crippen molar-refractivity contribution in [1.29, 1.82) is 0 Å². The van der Waals surface area contributed by atoms with E-state index in [0.29, 0.717) is 5.69 Å². The fourth-order valence-electron chi connectivity index (χ4n) is 2.20. The van der Waals surface area contributed by atoms with Crippen LogP contribution in [0.2, 0.25) is 5.02 Å². The van der Waals surface area contributed by atoms with Gasteiger partial charge in [0.1, 0.15) is 5.82 Å². The molecule has 0 unspecified atom stereocenters. The molecule has 2 N–H and O–H groups in total. The number of nitrogens with zero attached hydrogens (tertiary/aromatic N) is 1. The molecule has 1 heterocycles. The van der Waals surface area contributed by atoms with Crippen LogP contribution in [0.1, 0.15) is 0 Å². The van der Waals surface area contributed by atoms with E-state index in [1.54, 1.807) is 6.20 Å². The minimum atomic E-state index is -0.523. The molecule has 0 bridgehead atoms. The third-order valence-electron chi connectivity index (χ3n) is 3.28. The standard InChI is InChI=1S/C17H13ClFN3O/c18-13-9-12(6-7-14(13)19)22-16(23)10-21-15-5-1-3-11-4-2-8-20-17(11)15/h1-9,21H,10H2,(H,22,23). The van der Waals surface area contributed by atoms with Crippen molar-refractivity contribution in [3.05, 3.63) is 65.6 Å². The average molecular weight is 330 g/mol. The van der Waals surface area contributed by atoms with E-state index >= 15 is 0 Å². The van der Waals surface area contributed by atoms with E-state index in [0.717, 1.165) is 16.6 Å². The van der Waals surface area contributed by atoms with Crippen molar-refractivity contribution in [2.75, 3.05) is 17.2 Å². The molecule has 116 valence electrons. The third kappa shape index (κ3) is 3.57. The summed E-state index contributed by atoms with van der Waals surface area (Å²) in [6, 6.07) is 13.5. The summed E-state index contributed by atoms with van der Waals surface area (Å²) in [5.74, 6) is -0.787. The minimum absolute atomic E-state index is 0.0333. The Morgan fingerprint density at radius 3 is 2.83 bits per heavy atom. The van der Waals surface area contributed by atoms with Gasteiger partial charge in [-0.15, -0.1) is 0 Å². The first-order valence-electron chi connectivity index (χ1n) is 6.96. The number of anilines is 2. The number of benzene rings is 2. The molecule has 0 aliphatic carbocycles. The number of halogens is 2. The van der Waals surface area contributed by atoms with Crippen molar-refractivity contribution in [3.63, 3.8) is 0 Å². The van der Waals surface area contributed by atoms with Gasteiger partial charge in [0.25, 0.3) is 0 Å². The fraction of sp³-hybridized carbons (Fsp3) is 0.0588. The predicted octanol–water partition coefficient (Wildman–Crippen LogP) is 4.08. The number of hydrogen-bond acceptors (Lipinski definition) is 3. The van der Waals surface area contributed by atoms with Gasteiger partial charge >= 0.3 is 0 Å². The van der Waals surface area contributed by atoms with E-state index in [-0.39, 0.29) is 17.5 Å². The second-order valence-electron chi connectivity index (χ2n) is 4.91. The molecule has 0 saturated heterocycles. The summed E-state index contributed by atoms with van der Waals surface area (Å²) in [5.41, 5.74) is 2.02. The van der Waals surface area contributed by atoms with Crippen molar-refractivity contribution >= 4 is 39.8 Å². The highest BCUT2D eigenvalue weighted by atomic mass is 35.5. The molecule has 0 spiro atoms. The van der Waals surface area contributed by atoms with Crippen LogP contribution in [0, 0.1) is 5.82 Å². The van der Waals surface area contributed by atoms with Gasteiger partial charge in [-0.3, -0.25) is 9.78 Å². The van der Waals surface area contributed by atoms with Gasteiger partial charge in [-0.2, -0.15) is 0 Å². The van der Waals surface area contributed by atoms with Crippen LogP contribution >= 0.6 is 11.6 Å². The number of amides is 1. The highest BCUT2D eigenvalue weighted by Crippen LogP contribution is 2.21.